The molecule has 0 aliphatic carbocycles. The lowest BCUT2D eigenvalue weighted by Gasteiger charge is -2.09. The lowest BCUT2D eigenvalue weighted by molar-refractivity contribution is 0.294. The molecule has 0 aliphatic rings. The van der Waals surface area contributed by atoms with E-state index in [2.05, 4.69) is 31.8 Å². The van der Waals surface area contributed by atoms with Gasteiger partial charge in [0.25, 0.3) is 0 Å². The van der Waals surface area contributed by atoms with E-state index in [9.17, 15) is 0 Å². The summed E-state index contributed by atoms with van der Waals surface area (Å²) in [4.78, 5) is 0. The van der Waals surface area contributed by atoms with Gasteiger partial charge in [0.2, 0.25) is 0 Å². The highest BCUT2D eigenvalue weighted by atomic mass is 127. The van der Waals surface area contributed by atoms with E-state index in [1.54, 1.807) is 0 Å². The summed E-state index contributed by atoms with van der Waals surface area (Å²) in [6, 6.07) is 0. The molecular weight excluding hydrogens is 217 g/mol. The number of nitrogens with zero attached hydrogens (tertiary/aromatic N) is 1. The molecule has 0 rings (SSSR count). The van der Waals surface area contributed by atoms with Crippen molar-refractivity contribution in [3.8, 4) is 0 Å². The van der Waals surface area contributed by atoms with Crippen molar-refractivity contribution in [3.63, 3.8) is 0 Å². The lowest BCUT2D eigenvalue weighted by Crippen LogP contribution is -2.34. The molecule has 0 amide bonds. The second-order valence-corrected chi connectivity index (χ2v) is 2.45. The van der Waals surface area contributed by atoms with Crippen molar-refractivity contribution in [2.45, 2.75) is 0 Å². The van der Waals surface area contributed by atoms with Crippen LogP contribution < -0.4 is 8.96 Å². The van der Waals surface area contributed by atoms with Gasteiger partial charge in [-0.1, -0.05) is 0 Å². The van der Waals surface area contributed by atoms with Gasteiger partial charge in [-0.05, 0) is 0 Å². The second-order valence-electron chi connectivity index (χ2n) is 1.69. The Kier molecular flexibility index (Phi) is 6.18. The highest BCUT2D eigenvalue weighted by Gasteiger charge is 1.83. The smallest absolute Gasteiger partial charge is 0.0235 e. The van der Waals surface area contributed by atoms with Crippen LogP contribution in [0.3, 0.4) is 0 Å². The van der Waals surface area contributed by atoms with Crippen LogP contribution in [0.5, 0.6) is 0 Å². The zero-order chi connectivity index (χ0) is 6.41. The maximum absolute atomic E-state index is 3.11. The molecule has 0 fully saturated rings. The Hall–Kier alpha value is 0.610. The van der Waals surface area contributed by atoms with Gasteiger partial charge in [-0.15, -0.1) is 0 Å². The molecule has 0 unspecified atom stereocenters. The SMILES string of the molecule is CN(C)NCCNI. The molecule has 0 atom stereocenters. The summed E-state index contributed by atoms with van der Waals surface area (Å²) in [7, 11) is 3.96. The molecule has 0 heterocycles. The maximum Gasteiger partial charge on any atom is 0.0235 e. The van der Waals surface area contributed by atoms with Crippen LogP contribution in [-0.4, -0.2) is 32.2 Å². The maximum atomic E-state index is 3.11. The number of halogens is 1. The number of hydrazine groups is 1. The Labute approximate surface area is 64.3 Å². The largest absolute Gasteiger partial charge is 0.260 e. The van der Waals surface area contributed by atoms with Gasteiger partial charge in [0.1, 0.15) is 0 Å². The van der Waals surface area contributed by atoms with Crippen LogP contribution in [0.1, 0.15) is 0 Å². The zero-order valence-electron chi connectivity index (χ0n) is 5.24. The Balaban J connectivity index is 2.72. The Morgan fingerprint density at radius 3 is 2.38 bits per heavy atom. The van der Waals surface area contributed by atoms with Crippen LogP contribution >= 0.6 is 22.9 Å². The van der Waals surface area contributed by atoms with Crippen LogP contribution in [0, 0.1) is 0 Å². The summed E-state index contributed by atoms with van der Waals surface area (Å²) in [5.41, 5.74) is 3.11. The van der Waals surface area contributed by atoms with Gasteiger partial charge >= 0.3 is 0 Å². The van der Waals surface area contributed by atoms with E-state index in [1.165, 1.54) is 0 Å². The zero-order valence-corrected chi connectivity index (χ0v) is 7.40. The average Bonchev–Trinajstić information content (AvgIpc) is 1.66. The summed E-state index contributed by atoms with van der Waals surface area (Å²) < 4.78 is 3.00. The van der Waals surface area contributed by atoms with Crippen LogP contribution in [0.2, 0.25) is 0 Å². The van der Waals surface area contributed by atoms with E-state index in [0.29, 0.717) is 0 Å². The van der Waals surface area contributed by atoms with Crippen LogP contribution in [0.4, 0.5) is 0 Å². The predicted octanol–water partition coefficient (Wildman–Crippen LogP) is -0.00780. The van der Waals surface area contributed by atoms with Gasteiger partial charge < -0.3 is 0 Å². The first-order valence-corrected chi connectivity index (χ1v) is 3.59. The van der Waals surface area contributed by atoms with Crippen LogP contribution in [-0.2, 0) is 0 Å². The quantitative estimate of drug-likeness (QED) is 0.307. The van der Waals surface area contributed by atoms with E-state index in [1.807, 2.05) is 19.1 Å². The predicted molar refractivity (Wildman–Crippen MR) is 43.7 cm³/mol. The van der Waals surface area contributed by atoms with E-state index < -0.39 is 0 Å². The van der Waals surface area contributed by atoms with Crippen LogP contribution in [0.25, 0.3) is 0 Å². The summed E-state index contributed by atoms with van der Waals surface area (Å²) in [5, 5.41) is 1.94. The molecule has 3 nitrogen and oxygen atoms in total. The first kappa shape index (κ1) is 8.61. The van der Waals surface area contributed by atoms with Gasteiger partial charge in [-0.3, -0.25) is 14.0 Å². The fourth-order valence-electron chi connectivity index (χ4n) is 0.327. The third-order valence-electron chi connectivity index (χ3n) is 0.648. The Morgan fingerprint density at radius 2 is 2.00 bits per heavy atom. The molecule has 8 heavy (non-hydrogen) atoms. The minimum Gasteiger partial charge on any atom is -0.260 e. The van der Waals surface area contributed by atoms with E-state index >= 15 is 0 Å². The van der Waals surface area contributed by atoms with Crippen molar-refractivity contribution in [2.24, 2.45) is 0 Å². The molecule has 0 radical (unpaired) electrons. The molecule has 4 heteroatoms. The first-order chi connectivity index (χ1) is 3.77. The summed E-state index contributed by atoms with van der Waals surface area (Å²) in [5.74, 6) is 0. The van der Waals surface area contributed by atoms with Gasteiger partial charge in [-0.2, -0.15) is 0 Å². The van der Waals surface area contributed by atoms with E-state index in [0.717, 1.165) is 13.1 Å². The fourth-order valence-corrected chi connectivity index (χ4v) is 0.596. The fraction of sp³-hybridized carbons (Fsp3) is 1.00. The highest BCUT2D eigenvalue weighted by Crippen LogP contribution is 1.66. The summed E-state index contributed by atoms with van der Waals surface area (Å²) in [6.45, 7) is 1.98. The molecule has 0 saturated heterocycles. The standard InChI is InChI=1S/C4H12IN3/c1-8(2)7-4-3-6-5/h6-7H,3-4H2,1-2H3. The van der Waals surface area contributed by atoms with Gasteiger partial charge in [-0.25, -0.2) is 0 Å². The molecule has 0 spiro atoms. The topological polar surface area (TPSA) is 27.3 Å². The molecule has 2 N–H and O–H groups in total. The van der Waals surface area contributed by atoms with Gasteiger partial charge in [0, 0.05) is 50.0 Å². The van der Waals surface area contributed by atoms with E-state index in [4.69, 9.17) is 0 Å². The van der Waals surface area contributed by atoms with E-state index in [-0.39, 0.29) is 0 Å². The number of hydrogen-bond donors (Lipinski definition) is 2. The molecule has 0 bridgehead atoms. The number of hydrogen-bond acceptors (Lipinski definition) is 3. The minimum atomic E-state index is 0.982. The monoisotopic (exact) mass is 229 g/mol. The number of rotatable bonds is 4. The number of nitrogens with one attached hydrogen (secondary N) is 2. The molecular formula is C4H12IN3. The minimum absolute atomic E-state index is 0.982. The molecule has 50 valence electrons. The molecule has 0 saturated carbocycles. The summed E-state index contributed by atoms with van der Waals surface area (Å²) in [6.07, 6.45) is 0. The van der Waals surface area contributed by atoms with Gasteiger partial charge in [0.05, 0.1) is 0 Å². The Morgan fingerprint density at radius 1 is 1.38 bits per heavy atom. The van der Waals surface area contributed by atoms with Crippen molar-refractivity contribution >= 4 is 22.9 Å². The Bertz CT molecular complexity index is 48.5. The van der Waals surface area contributed by atoms with Gasteiger partial charge in [0.15, 0.2) is 0 Å². The molecule has 0 aromatic carbocycles. The molecule has 0 aromatic heterocycles. The van der Waals surface area contributed by atoms with Crippen molar-refractivity contribution in [2.75, 3.05) is 27.2 Å². The lowest BCUT2D eigenvalue weighted by atomic mass is 10.7. The van der Waals surface area contributed by atoms with Crippen molar-refractivity contribution in [1.29, 1.82) is 0 Å². The second kappa shape index (κ2) is 5.74. The average molecular weight is 229 g/mol. The van der Waals surface area contributed by atoms with Crippen molar-refractivity contribution < 1.29 is 0 Å². The van der Waals surface area contributed by atoms with Crippen LogP contribution in [0.15, 0.2) is 0 Å². The molecule has 0 aliphatic heterocycles. The normalized spacial score (nSPS) is 10.5. The molecule has 0 aromatic rings. The third-order valence-corrected chi connectivity index (χ3v) is 1.19. The van der Waals surface area contributed by atoms with Crippen molar-refractivity contribution in [1.82, 2.24) is 14.0 Å². The third kappa shape index (κ3) is 6.61. The van der Waals surface area contributed by atoms with Crippen molar-refractivity contribution in [3.05, 3.63) is 0 Å². The first-order valence-electron chi connectivity index (χ1n) is 2.51. The highest BCUT2D eigenvalue weighted by molar-refractivity contribution is 14.1. The summed E-state index contributed by atoms with van der Waals surface area (Å²) >= 11 is 2.13.